The van der Waals surface area contributed by atoms with Crippen molar-refractivity contribution in [2.45, 2.75) is 13.5 Å². The van der Waals surface area contributed by atoms with Crippen LogP contribution in [0.3, 0.4) is 0 Å². The fraction of sp³-hybridized carbons (Fsp3) is 0.250. The van der Waals surface area contributed by atoms with E-state index in [0.717, 1.165) is 22.8 Å². The van der Waals surface area contributed by atoms with Crippen LogP contribution in [0.1, 0.15) is 11.4 Å². The highest BCUT2D eigenvalue weighted by atomic mass is 16.3. The van der Waals surface area contributed by atoms with Crippen LogP contribution in [0.4, 0.5) is 0 Å². The molecule has 0 aliphatic heterocycles. The molecule has 0 saturated carbocycles. The van der Waals surface area contributed by atoms with Gasteiger partial charge in [0.2, 0.25) is 0 Å². The Hall–Kier alpha value is -1.61. The molecule has 0 atom stereocenters. The zero-order valence-corrected chi connectivity index (χ0v) is 8.94. The molecule has 1 aromatic heterocycles. The summed E-state index contributed by atoms with van der Waals surface area (Å²) in [5.41, 5.74) is 2.83. The van der Waals surface area contributed by atoms with E-state index in [9.17, 15) is 0 Å². The maximum absolute atomic E-state index is 9.13. The molecule has 1 aromatic carbocycles. The van der Waals surface area contributed by atoms with Crippen molar-refractivity contribution in [3.8, 4) is 11.4 Å². The minimum absolute atomic E-state index is 0.00743. The number of hydrogen-bond donors (Lipinski definition) is 1. The van der Waals surface area contributed by atoms with Gasteiger partial charge in [-0.15, -0.1) is 0 Å². The monoisotopic (exact) mass is 202 g/mol. The van der Waals surface area contributed by atoms with Crippen LogP contribution < -0.4 is 0 Å². The second-order valence-electron chi connectivity index (χ2n) is 3.55. The minimum Gasteiger partial charge on any atom is -0.390 e. The lowest BCUT2D eigenvalue weighted by Gasteiger charge is -2.02. The normalized spacial score (nSPS) is 10.6. The number of aromatic nitrogens is 2. The minimum atomic E-state index is -0.00743. The number of imidazole rings is 1. The Morgan fingerprint density at radius 1 is 1.27 bits per heavy atom. The van der Waals surface area contributed by atoms with Crippen molar-refractivity contribution in [1.29, 1.82) is 0 Å². The summed E-state index contributed by atoms with van der Waals surface area (Å²) >= 11 is 0. The van der Waals surface area contributed by atoms with Crippen LogP contribution in [0.5, 0.6) is 0 Å². The molecule has 1 heterocycles. The molecular weight excluding hydrogens is 188 g/mol. The highest BCUT2D eigenvalue weighted by Gasteiger charge is 2.10. The van der Waals surface area contributed by atoms with Crippen LogP contribution in [0.2, 0.25) is 0 Å². The summed E-state index contributed by atoms with van der Waals surface area (Å²) in [6.07, 6.45) is 0. The van der Waals surface area contributed by atoms with Crippen molar-refractivity contribution in [3.05, 3.63) is 41.7 Å². The van der Waals surface area contributed by atoms with Gasteiger partial charge in [-0.1, -0.05) is 30.3 Å². The average Bonchev–Trinajstić information content (AvgIpc) is 2.57. The number of rotatable bonds is 2. The quantitative estimate of drug-likeness (QED) is 0.807. The Balaban J connectivity index is 2.55. The van der Waals surface area contributed by atoms with Crippen molar-refractivity contribution < 1.29 is 5.11 Å². The van der Waals surface area contributed by atoms with E-state index in [-0.39, 0.29) is 6.61 Å². The van der Waals surface area contributed by atoms with Crippen LogP contribution in [0.25, 0.3) is 11.4 Å². The van der Waals surface area contributed by atoms with Crippen molar-refractivity contribution >= 4 is 0 Å². The molecule has 1 N–H and O–H groups in total. The molecule has 0 bridgehead atoms. The third-order valence-corrected chi connectivity index (χ3v) is 2.66. The predicted octanol–water partition coefficient (Wildman–Crippen LogP) is 1.89. The first-order chi connectivity index (χ1) is 7.24. The zero-order chi connectivity index (χ0) is 10.8. The van der Waals surface area contributed by atoms with Gasteiger partial charge in [0.25, 0.3) is 0 Å². The Bertz CT molecular complexity index is 460. The molecule has 2 rings (SSSR count). The molecule has 0 amide bonds. The highest BCUT2D eigenvalue weighted by molar-refractivity contribution is 5.56. The molecule has 0 fully saturated rings. The van der Waals surface area contributed by atoms with Gasteiger partial charge in [-0.3, -0.25) is 0 Å². The third kappa shape index (κ3) is 1.66. The van der Waals surface area contributed by atoms with Crippen LogP contribution >= 0.6 is 0 Å². The van der Waals surface area contributed by atoms with Gasteiger partial charge in [-0.25, -0.2) is 4.98 Å². The zero-order valence-electron chi connectivity index (χ0n) is 8.94. The summed E-state index contributed by atoms with van der Waals surface area (Å²) in [7, 11) is 1.96. The second-order valence-corrected chi connectivity index (χ2v) is 3.55. The summed E-state index contributed by atoms with van der Waals surface area (Å²) < 4.78 is 2.00. The van der Waals surface area contributed by atoms with Gasteiger partial charge in [0.1, 0.15) is 5.82 Å². The molecule has 0 unspecified atom stereocenters. The molecule has 78 valence electrons. The Labute approximate surface area is 89.0 Å². The summed E-state index contributed by atoms with van der Waals surface area (Å²) in [5, 5.41) is 9.13. The summed E-state index contributed by atoms with van der Waals surface area (Å²) in [6, 6.07) is 9.98. The van der Waals surface area contributed by atoms with Crippen LogP contribution in [0.15, 0.2) is 30.3 Å². The van der Waals surface area contributed by atoms with E-state index in [4.69, 9.17) is 5.11 Å². The van der Waals surface area contributed by atoms with Gasteiger partial charge < -0.3 is 9.67 Å². The number of aliphatic hydroxyl groups excluding tert-OH is 1. The summed E-state index contributed by atoms with van der Waals surface area (Å²) in [5.74, 6) is 0.900. The Kier molecular flexibility index (Phi) is 2.56. The summed E-state index contributed by atoms with van der Waals surface area (Å²) in [4.78, 5) is 4.41. The lowest BCUT2D eigenvalue weighted by atomic mass is 10.2. The molecule has 15 heavy (non-hydrogen) atoms. The van der Waals surface area contributed by atoms with Crippen LogP contribution in [-0.2, 0) is 13.7 Å². The Morgan fingerprint density at radius 3 is 2.47 bits per heavy atom. The number of benzene rings is 1. The number of hydrogen-bond acceptors (Lipinski definition) is 2. The van der Waals surface area contributed by atoms with Crippen molar-refractivity contribution in [2.24, 2.45) is 7.05 Å². The topological polar surface area (TPSA) is 38.1 Å². The Morgan fingerprint density at radius 2 is 1.93 bits per heavy atom. The van der Waals surface area contributed by atoms with Gasteiger partial charge in [0, 0.05) is 18.3 Å². The van der Waals surface area contributed by atoms with E-state index >= 15 is 0 Å². The van der Waals surface area contributed by atoms with Gasteiger partial charge in [0.15, 0.2) is 0 Å². The molecule has 3 heteroatoms. The second kappa shape index (κ2) is 3.87. The molecule has 3 nitrogen and oxygen atoms in total. The first-order valence-electron chi connectivity index (χ1n) is 4.92. The third-order valence-electron chi connectivity index (χ3n) is 2.66. The van der Waals surface area contributed by atoms with E-state index < -0.39 is 0 Å². The van der Waals surface area contributed by atoms with E-state index in [1.807, 2.05) is 48.9 Å². The molecule has 0 aliphatic carbocycles. The lowest BCUT2D eigenvalue weighted by Crippen LogP contribution is -1.94. The average molecular weight is 202 g/mol. The van der Waals surface area contributed by atoms with E-state index in [2.05, 4.69) is 4.98 Å². The number of aliphatic hydroxyl groups is 1. The first kappa shape index (κ1) is 9.93. The van der Waals surface area contributed by atoms with Crippen molar-refractivity contribution in [2.75, 3.05) is 0 Å². The van der Waals surface area contributed by atoms with Crippen molar-refractivity contribution in [1.82, 2.24) is 9.55 Å². The van der Waals surface area contributed by atoms with Gasteiger partial charge in [-0.05, 0) is 6.92 Å². The van der Waals surface area contributed by atoms with Gasteiger partial charge in [-0.2, -0.15) is 0 Å². The SMILES string of the molecule is Cc1c(CO)nc(-c2ccccc2)n1C. The van der Waals surface area contributed by atoms with Crippen molar-refractivity contribution in [3.63, 3.8) is 0 Å². The number of nitrogens with zero attached hydrogens (tertiary/aromatic N) is 2. The fourth-order valence-corrected chi connectivity index (χ4v) is 1.63. The van der Waals surface area contributed by atoms with E-state index in [1.54, 1.807) is 0 Å². The molecule has 2 aromatic rings. The van der Waals surface area contributed by atoms with E-state index in [0.29, 0.717) is 0 Å². The van der Waals surface area contributed by atoms with E-state index in [1.165, 1.54) is 0 Å². The smallest absolute Gasteiger partial charge is 0.140 e. The summed E-state index contributed by atoms with van der Waals surface area (Å²) in [6.45, 7) is 1.96. The van der Waals surface area contributed by atoms with Crippen LogP contribution in [0, 0.1) is 6.92 Å². The van der Waals surface area contributed by atoms with Gasteiger partial charge >= 0.3 is 0 Å². The maximum atomic E-state index is 9.13. The molecule has 0 saturated heterocycles. The first-order valence-corrected chi connectivity index (χ1v) is 4.92. The molecular formula is C12H14N2O. The predicted molar refractivity (Wildman–Crippen MR) is 59.3 cm³/mol. The molecule has 0 radical (unpaired) electrons. The fourth-order valence-electron chi connectivity index (χ4n) is 1.63. The maximum Gasteiger partial charge on any atom is 0.140 e. The highest BCUT2D eigenvalue weighted by Crippen LogP contribution is 2.20. The van der Waals surface area contributed by atoms with Crippen LogP contribution in [-0.4, -0.2) is 14.7 Å². The van der Waals surface area contributed by atoms with Gasteiger partial charge in [0.05, 0.1) is 12.3 Å². The molecule has 0 aliphatic rings. The largest absolute Gasteiger partial charge is 0.390 e. The standard InChI is InChI=1S/C12H14N2O/c1-9-11(8-15)13-12(14(9)2)10-6-4-3-5-7-10/h3-7,15H,8H2,1-2H3. The lowest BCUT2D eigenvalue weighted by molar-refractivity contribution is 0.276. The molecule has 0 spiro atoms.